The molecule has 3 rings (SSSR count). The van der Waals surface area contributed by atoms with Crippen molar-refractivity contribution in [3.8, 4) is 0 Å². The van der Waals surface area contributed by atoms with Crippen LogP contribution in [0.5, 0.6) is 0 Å². The van der Waals surface area contributed by atoms with Crippen LogP contribution in [0.25, 0.3) is 0 Å². The molecule has 0 aliphatic carbocycles. The summed E-state index contributed by atoms with van der Waals surface area (Å²) in [6.45, 7) is -1.91. The van der Waals surface area contributed by atoms with Gasteiger partial charge in [-0.2, -0.15) is 9.55 Å². The summed E-state index contributed by atoms with van der Waals surface area (Å²) in [5.74, 6) is -4.41. The quantitative estimate of drug-likeness (QED) is 0.0334. The van der Waals surface area contributed by atoms with Crippen LogP contribution >= 0.6 is 19.4 Å². The first-order valence-electron chi connectivity index (χ1n) is 11.8. The summed E-state index contributed by atoms with van der Waals surface area (Å²) in [4.78, 5) is 47.2. The number of rotatable bonds is 12. The maximum absolute atomic E-state index is 12.9. The van der Waals surface area contributed by atoms with Gasteiger partial charge in [-0.05, 0) is 6.07 Å². The Balaban J connectivity index is 0.00000462. The average Bonchev–Trinajstić information content (AvgIpc) is 3.20. The second-order valence-electron chi connectivity index (χ2n) is 9.15. The van der Waals surface area contributed by atoms with E-state index in [0.29, 0.717) is 0 Å². The minimum atomic E-state index is -5.14. The first kappa shape index (κ1) is 40.9. The van der Waals surface area contributed by atoms with Crippen molar-refractivity contribution in [3.05, 3.63) is 22.7 Å². The number of amides is 1. The molecule has 43 heavy (non-hydrogen) atoms. The predicted octanol–water partition coefficient (Wildman–Crippen LogP) is -11.3. The topological polar surface area (TPSA) is 305 Å². The van der Waals surface area contributed by atoms with Crippen molar-refractivity contribution in [2.45, 2.75) is 67.2 Å². The molecule has 3 heterocycles. The van der Waals surface area contributed by atoms with Crippen LogP contribution in [0.3, 0.4) is 0 Å². The molecule has 11 N–H and O–H groups in total. The Morgan fingerprint density at radius 1 is 1.35 bits per heavy atom. The zero-order valence-corrected chi connectivity index (χ0v) is 28.6. The molecule has 23 heteroatoms. The number of aromatic nitrogens is 2. The molecule has 1 aromatic heterocycles. The number of aliphatic hydroxyl groups excluding tert-OH is 6. The molecule has 2 saturated heterocycles. The maximum atomic E-state index is 12.9. The number of hydrogen-bond acceptors (Lipinski definition) is 16. The summed E-state index contributed by atoms with van der Waals surface area (Å²) in [5, 5.41) is 63.0. The van der Waals surface area contributed by atoms with Crippen LogP contribution in [0.15, 0.2) is 17.1 Å². The number of nitrogen functional groups attached to an aromatic ring is 1. The summed E-state index contributed by atoms with van der Waals surface area (Å²) in [5.41, 5.74) is 4.50. The van der Waals surface area contributed by atoms with E-state index in [-0.39, 0.29) is 64.9 Å². The summed E-state index contributed by atoms with van der Waals surface area (Å²) >= 11 is 5.45. The van der Waals surface area contributed by atoms with Gasteiger partial charge in [0.1, 0.15) is 48.3 Å². The number of carbonyl (C=O) groups is 1. The van der Waals surface area contributed by atoms with Gasteiger partial charge in [-0.15, -0.1) is 11.6 Å². The molecule has 2 aliphatic heterocycles. The third-order valence-corrected chi connectivity index (χ3v) is 7.50. The van der Waals surface area contributed by atoms with Gasteiger partial charge in [0, 0.05) is 12.6 Å². The van der Waals surface area contributed by atoms with Crippen molar-refractivity contribution in [3.63, 3.8) is 0 Å². The SMILES string of the molecule is Nc1ccn(C2OC(COP(=O)([OH2+])O[C@@]3([C-]=O)C[C@H](O)[C@@H](NC(=O)CCl)C([C@H](O)C(O)CO)O3)[C@@H](O)[C@H]2O)c(=O)n1.[Na+].[Na+]. The molecule has 2 aliphatic rings. The number of hydrogen-bond donors (Lipinski definition) is 8. The number of aliphatic hydroxyl groups is 6. The normalized spacial score (nSPS) is 33.3. The molecule has 11 atom stereocenters. The molecule has 1 amide bonds. The zero-order chi connectivity index (χ0) is 30.7. The predicted molar refractivity (Wildman–Crippen MR) is 133 cm³/mol. The second-order valence-corrected chi connectivity index (χ2v) is 10.9. The van der Waals surface area contributed by atoms with E-state index in [1.54, 1.807) is 0 Å². The minimum Gasteiger partial charge on any atom is -0.537 e. The fourth-order valence-corrected chi connectivity index (χ4v) is 5.24. The fourth-order valence-electron chi connectivity index (χ4n) is 4.23. The number of ether oxygens (including phenoxy) is 2. The largest absolute Gasteiger partial charge is 1.00 e. The Bertz CT molecular complexity index is 1210. The van der Waals surface area contributed by atoms with Crippen LogP contribution in [0, 0.1) is 0 Å². The average molecular weight is 679 g/mol. The molecule has 0 aromatic carbocycles. The molecule has 0 spiro atoms. The van der Waals surface area contributed by atoms with Gasteiger partial charge in [-0.1, -0.05) is 0 Å². The van der Waals surface area contributed by atoms with Gasteiger partial charge in [0.25, 0.3) is 0 Å². The van der Waals surface area contributed by atoms with Crippen LogP contribution < -0.4 is 75.9 Å². The van der Waals surface area contributed by atoms with Gasteiger partial charge in [0.05, 0.1) is 31.1 Å². The third-order valence-electron chi connectivity index (χ3n) is 6.23. The van der Waals surface area contributed by atoms with E-state index in [0.717, 1.165) is 10.8 Å². The van der Waals surface area contributed by atoms with Crippen LogP contribution in [0.2, 0.25) is 0 Å². The minimum absolute atomic E-state index is 0. The molecular formula is C20H30ClN4Na2O15P+2. The van der Waals surface area contributed by atoms with Crippen molar-refractivity contribution in [2.24, 2.45) is 0 Å². The van der Waals surface area contributed by atoms with Gasteiger partial charge in [0.15, 0.2) is 6.23 Å². The number of carbonyl (C=O) groups excluding carboxylic acids is 2. The Hall–Kier alpha value is -0.100. The Labute approximate surface area is 292 Å². The molecule has 0 saturated carbocycles. The van der Waals surface area contributed by atoms with E-state index in [4.69, 9.17) is 40.7 Å². The summed E-state index contributed by atoms with van der Waals surface area (Å²) in [6, 6.07) is -0.302. The van der Waals surface area contributed by atoms with Crippen LogP contribution in [0.1, 0.15) is 12.6 Å². The summed E-state index contributed by atoms with van der Waals surface area (Å²) < 4.78 is 34.3. The number of nitrogens with zero attached hydrogens (tertiary/aromatic N) is 2. The molecule has 5 unspecified atom stereocenters. The van der Waals surface area contributed by atoms with Gasteiger partial charge in [-0.3, -0.25) is 9.36 Å². The van der Waals surface area contributed by atoms with Gasteiger partial charge >= 0.3 is 72.6 Å². The zero-order valence-electron chi connectivity index (χ0n) is 22.9. The fraction of sp³-hybridized carbons (Fsp3) is 0.700. The van der Waals surface area contributed by atoms with Crippen molar-refractivity contribution in [1.29, 1.82) is 0 Å². The Morgan fingerprint density at radius 3 is 2.56 bits per heavy atom. The maximum Gasteiger partial charge on any atom is 1.00 e. The summed E-state index contributed by atoms with van der Waals surface area (Å²) in [7, 11) is -5.14. The van der Waals surface area contributed by atoms with E-state index in [1.807, 2.05) is 0 Å². The van der Waals surface area contributed by atoms with Crippen LogP contribution in [-0.4, -0.2) is 131 Å². The van der Waals surface area contributed by atoms with Crippen LogP contribution in [-0.2, 0) is 32.7 Å². The third kappa shape index (κ3) is 9.94. The van der Waals surface area contributed by atoms with Crippen molar-refractivity contribution >= 4 is 37.4 Å². The van der Waals surface area contributed by atoms with E-state index >= 15 is 0 Å². The first-order chi connectivity index (χ1) is 19.2. The molecule has 0 bridgehead atoms. The van der Waals surface area contributed by atoms with E-state index < -0.39 is 106 Å². The first-order valence-corrected chi connectivity index (χ1v) is 13.9. The monoisotopic (exact) mass is 678 g/mol. The number of nitrogens with two attached hydrogens (primary N) is 1. The molecule has 0 radical (unpaired) electrons. The number of anilines is 1. The molecule has 232 valence electrons. The van der Waals surface area contributed by atoms with Crippen molar-refractivity contribution < 1.29 is 127 Å². The number of nitrogens with one attached hydrogen (secondary N) is 1. The second kappa shape index (κ2) is 17.2. The summed E-state index contributed by atoms with van der Waals surface area (Å²) in [6.07, 6.45) is -12.6. The number of halogens is 1. The van der Waals surface area contributed by atoms with Crippen molar-refractivity contribution in [1.82, 2.24) is 14.9 Å². The Kier molecular flexibility index (Phi) is 16.3. The van der Waals surface area contributed by atoms with Gasteiger partial charge in [0.2, 0.25) is 5.91 Å². The molecule has 2 fully saturated rings. The van der Waals surface area contributed by atoms with E-state index in [2.05, 4.69) is 10.3 Å². The smallest absolute Gasteiger partial charge is 0.537 e. The van der Waals surface area contributed by atoms with E-state index in [9.17, 15) is 49.6 Å². The van der Waals surface area contributed by atoms with Gasteiger partial charge < -0.3 is 60.9 Å². The molecule has 1 aromatic rings. The number of alkyl halides is 1. The standard InChI is InChI=1S/C20H29ClN4O15P.2Na/c21-4-12(30)24-13-8(28)3-20(7-27,39-17(13)14(31)9(29)5-26)40-41(35,36)37-6-10-15(32)16(33)18(38-10)25-2-1-11(22)23-19(25)34;;/h1-2,8-10,13-18,26,28-29,31-33H,3-6H2,(H,24,30)(H,35,36)(H2,22,23,34);;/q-1;2*+1/p+1/t8-,9?,10?,13+,14+,15+,16+,17?,18?,20+;;/m0../s1. The van der Waals surface area contributed by atoms with Gasteiger partial charge in [-0.25, -0.2) is 20.1 Å². The van der Waals surface area contributed by atoms with Crippen LogP contribution in [0.4, 0.5) is 5.82 Å². The molecular weight excluding hydrogens is 649 g/mol. The molecule has 19 nitrogen and oxygen atoms in total. The van der Waals surface area contributed by atoms with E-state index in [1.165, 1.54) is 12.4 Å². The van der Waals surface area contributed by atoms with Crippen molar-refractivity contribution in [2.75, 3.05) is 24.8 Å². The Morgan fingerprint density at radius 2 is 2.00 bits per heavy atom.